The quantitative estimate of drug-likeness (QED) is 0.747. The summed E-state index contributed by atoms with van der Waals surface area (Å²) in [6.07, 6.45) is 2.80. The maximum atomic E-state index is 12.9. The summed E-state index contributed by atoms with van der Waals surface area (Å²) in [5, 5.41) is 9.99. The van der Waals surface area contributed by atoms with Gasteiger partial charge < -0.3 is 10.1 Å². The third-order valence-electron chi connectivity index (χ3n) is 2.86. The van der Waals surface area contributed by atoms with Crippen molar-refractivity contribution in [2.75, 3.05) is 0 Å². The van der Waals surface area contributed by atoms with Gasteiger partial charge in [-0.05, 0) is 23.8 Å². The SMILES string of the molecule is O=c1[nH]c(-c2ccncn2)nc(O)c1-c1ccc(F)cc1. The molecule has 0 radical (unpaired) electrons. The van der Waals surface area contributed by atoms with Crippen molar-refractivity contribution < 1.29 is 9.50 Å². The number of hydrogen-bond acceptors (Lipinski definition) is 5. The summed E-state index contributed by atoms with van der Waals surface area (Å²) in [5.41, 5.74) is 0.190. The highest BCUT2D eigenvalue weighted by Crippen LogP contribution is 2.25. The Labute approximate surface area is 118 Å². The van der Waals surface area contributed by atoms with Crippen molar-refractivity contribution in [3.05, 3.63) is 59.0 Å². The number of aromatic amines is 1. The summed E-state index contributed by atoms with van der Waals surface area (Å²) in [6.45, 7) is 0. The van der Waals surface area contributed by atoms with Crippen LogP contribution in [0.2, 0.25) is 0 Å². The number of H-pyrrole nitrogens is 1. The van der Waals surface area contributed by atoms with E-state index in [9.17, 15) is 14.3 Å². The summed E-state index contributed by atoms with van der Waals surface area (Å²) in [5.74, 6) is -0.745. The third-order valence-corrected chi connectivity index (χ3v) is 2.86. The molecule has 0 saturated carbocycles. The number of aromatic nitrogens is 4. The molecule has 0 unspecified atom stereocenters. The van der Waals surface area contributed by atoms with Gasteiger partial charge in [-0.3, -0.25) is 4.79 Å². The molecule has 1 aromatic carbocycles. The Morgan fingerprint density at radius 2 is 1.90 bits per heavy atom. The van der Waals surface area contributed by atoms with Gasteiger partial charge in [-0.1, -0.05) is 12.1 Å². The lowest BCUT2D eigenvalue weighted by atomic mass is 10.1. The highest BCUT2D eigenvalue weighted by atomic mass is 19.1. The Morgan fingerprint density at radius 3 is 2.52 bits per heavy atom. The molecule has 3 aromatic rings. The molecule has 0 saturated heterocycles. The van der Waals surface area contributed by atoms with E-state index in [1.54, 1.807) is 6.07 Å². The van der Waals surface area contributed by atoms with Crippen LogP contribution in [0.15, 0.2) is 47.7 Å². The Hall–Kier alpha value is -3.09. The number of halogens is 1. The molecule has 0 aliphatic carbocycles. The zero-order chi connectivity index (χ0) is 14.8. The van der Waals surface area contributed by atoms with Crippen LogP contribution in [-0.4, -0.2) is 25.0 Å². The van der Waals surface area contributed by atoms with Crippen LogP contribution in [0.4, 0.5) is 4.39 Å². The second-order valence-corrected chi connectivity index (χ2v) is 4.21. The average Bonchev–Trinajstić information content (AvgIpc) is 2.49. The zero-order valence-electron chi connectivity index (χ0n) is 10.6. The van der Waals surface area contributed by atoms with E-state index in [2.05, 4.69) is 19.9 Å². The first-order valence-corrected chi connectivity index (χ1v) is 6.01. The van der Waals surface area contributed by atoms with Gasteiger partial charge >= 0.3 is 0 Å². The van der Waals surface area contributed by atoms with Gasteiger partial charge in [0.1, 0.15) is 23.4 Å². The van der Waals surface area contributed by atoms with Crippen molar-refractivity contribution in [1.29, 1.82) is 0 Å². The summed E-state index contributed by atoms with van der Waals surface area (Å²) < 4.78 is 12.9. The smallest absolute Gasteiger partial charge is 0.262 e. The van der Waals surface area contributed by atoms with Crippen LogP contribution in [0.3, 0.4) is 0 Å². The Kier molecular flexibility index (Phi) is 3.15. The summed E-state index contributed by atoms with van der Waals surface area (Å²) >= 11 is 0. The van der Waals surface area contributed by atoms with Crippen LogP contribution in [0, 0.1) is 5.82 Å². The molecule has 21 heavy (non-hydrogen) atoms. The number of aromatic hydroxyl groups is 1. The lowest BCUT2D eigenvalue weighted by Gasteiger charge is -2.05. The fourth-order valence-electron chi connectivity index (χ4n) is 1.89. The van der Waals surface area contributed by atoms with Crippen molar-refractivity contribution in [2.24, 2.45) is 0 Å². The van der Waals surface area contributed by atoms with Crippen LogP contribution in [0.5, 0.6) is 5.88 Å². The molecular formula is C14H9FN4O2. The standard InChI is InChI=1S/C14H9FN4O2/c15-9-3-1-8(2-4-9)11-13(20)18-12(19-14(11)21)10-5-6-16-7-17-10/h1-7H,(H2,18,19,20,21). The van der Waals surface area contributed by atoms with Crippen LogP contribution in [0.1, 0.15) is 0 Å². The number of hydrogen-bond donors (Lipinski definition) is 2. The second kappa shape index (κ2) is 5.12. The van der Waals surface area contributed by atoms with E-state index < -0.39 is 17.3 Å². The van der Waals surface area contributed by atoms with Crippen molar-refractivity contribution in [3.8, 4) is 28.5 Å². The first-order valence-electron chi connectivity index (χ1n) is 6.01. The van der Waals surface area contributed by atoms with E-state index in [1.807, 2.05) is 0 Å². The topological polar surface area (TPSA) is 91.8 Å². The Bertz CT molecular complexity index is 832. The Morgan fingerprint density at radius 1 is 1.14 bits per heavy atom. The minimum atomic E-state index is -0.539. The van der Waals surface area contributed by atoms with Gasteiger partial charge in [-0.15, -0.1) is 0 Å². The van der Waals surface area contributed by atoms with Crippen LogP contribution >= 0.6 is 0 Å². The largest absolute Gasteiger partial charge is 0.493 e. The summed E-state index contributed by atoms with van der Waals surface area (Å²) in [6, 6.07) is 6.74. The highest BCUT2D eigenvalue weighted by molar-refractivity contribution is 5.68. The molecule has 0 bridgehead atoms. The minimum absolute atomic E-state index is 0.0205. The Balaban J connectivity index is 2.13. The summed E-state index contributed by atoms with van der Waals surface area (Å²) in [7, 11) is 0. The third kappa shape index (κ3) is 2.48. The first kappa shape index (κ1) is 12.9. The number of nitrogens with zero attached hydrogens (tertiary/aromatic N) is 3. The molecule has 0 aliphatic rings. The van der Waals surface area contributed by atoms with Crippen LogP contribution < -0.4 is 5.56 Å². The molecule has 2 heterocycles. The molecule has 7 heteroatoms. The van der Waals surface area contributed by atoms with Crippen LogP contribution in [0.25, 0.3) is 22.6 Å². The van der Waals surface area contributed by atoms with Gasteiger partial charge in [0.15, 0.2) is 5.82 Å². The van der Waals surface area contributed by atoms with Gasteiger partial charge in [-0.25, -0.2) is 14.4 Å². The average molecular weight is 284 g/mol. The molecule has 0 amide bonds. The molecule has 2 aromatic heterocycles. The van der Waals surface area contributed by atoms with Crippen molar-refractivity contribution in [2.45, 2.75) is 0 Å². The number of rotatable bonds is 2. The van der Waals surface area contributed by atoms with Crippen molar-refractivity contribution in [3.63, 3.8) is 0 Å². The minimum Gasteiger partial charge on any atom is -0.493 e. The fraction of sp³-hybridized carbons (Fsp3) is 0. The van der Waals surface area contributed by atoms with E-state index in [0.29, 0.717) is 11.3 Å². The van der Waals surface area contributed by atoms with Gasteiger partial charge in [0.05, 0.1) is 0 Å². The van der Waals surface area contributed by atoms with E-state index in [-0.39, 0.29) is 11.4 Å². The molecule has 0 spiro atoms. The number of nitrogens with one attached hydrogen (secondary N) is 1. The maximum Gasteiger partial charge on any atom is 0.262 e. The molecule has 6 nitrogen and oxygen atoms in total. The predicted octanol–water partition coefficient (Wildman–Crippen LogP) is 1.74. The molecular weight excluding hydrogens is 275 g/mol. The molecule has 2 N–H and O–H groups in total. The zero-order valence-corrected chi connectivity index (χ0v) is 10.6. The van der Waals surface area contributed by atoms with E-state index in [0.717, 1.165) is 0 Å². The monoisotopic (exact) mass is 284 g/mol. The highest BCUT2D eigenvalue weighted by Gasteiger charge is 2.14. The fourth-order valence-corrected chi connectivity index (χ4v) is 1.89. The van der Waals surface area contributed by atoms with E-state index in [1.165, 1.54) is 36.8 Å². The van der Waals surface area contributed by atoms with Crippen molar-refractivity contribution >= 4 is 0 Å². The molecule has 3 rings (SSSR count). The molecule has 104 valence electrons. The van der Waals surface area contributed by atoms with Gasteiger partial charge in [0, 0.05) is 6.20 Å². The van der Waals surface area contributed by atoms with Gasteiger partial charge in [-0.2, -0.15) is 4.98 Å². The lowest BCUT2D eigenvalue weighted by molar-refractivity contribution is 0.454. The molecule has 0 atom stereocenters. The predicted molar refractivity (Wildman–Crippen MR) is 72.9 cm³/mol. The normalized spacial score (nSPS) is 10.5. The lowest BCUT2D eigenvalue weighted by Crippen LogP contribution is -2.12. The maximum absolute atomic E-state index is 12.9. The molecule has 0 fully saturated rings. The van der Waals surface area contributed by atoms with E-state index in [4.69, 9.17) is 0 Å². The van der Waals surface area contributed by atoms with Gasteiger partial charge in [0.2, 0.25) is 5.88 Å². The first-order chi connectivity index (χ1) is 10.1. The van der Waals surface area contributed by atoms with Gasteiger partial charge in [0.25, 0.3) is 5.56 Å². The van der Waals surface area contributed by atoms with Crippen LogP contribution in [-0.2, 0) is 0 Å². The second-order valence-electron chi connectivity index (χ2n) is 4.21. The summed E-state index contributed by atoms with van der Waals surface area (Å²) in [4.78, 5) is 26.3. The van der Waals surface area contributed by atoms with Crippen molar-refractivity contribution in [1.82, 2.24) is 19.9 Å². The number of benzene rings is 1. The van der Waals surface area contributed by atoms with E-state index >= 15 is 0 Å². The molecule has 0 aliphatic heterocycles.